The topological polar surface area (TPSA) is 84.4 Å². The van der Waals surface area contributed by atoms with E-state index in [-0.39, 0.29) is 31.4 Å². The highest BCUT2D eigenvalue weighted by molar-refractivity contribution is 7.10. The first-order valence-electron chi connectivity index (χ1n) is 8.42. The van der Waals surface area contributed by atoms with Gasteiger partial charge in [0.15, 0.2) is 12.4 Å². The number of carbonyl (C=O) groups is 2. The van der Waals surface area contributed by atoms with Crippen molar-refractivity contribution >= 4 is 34.2 Å². The van der Waals surface area contributed by atoms with E-state index in [0.29, 0.717) is 22.4 Å². The quantitative estimate of drug-likeness (QED) is 0.736. The number of para-hydroxylation sites is 2. The Morgan fingerprint density at radius 2 is 1.93 bits per heavy atom. The molecule has 2 heterocycles. The van der Waals surface area contributed by atoms with Crippen LogP contribution in [0.4, 0.5) is 10.8 Å². The minimum absolute atomic E-state index is 0.0184. The van der Waals surface area contributed by atoms with Gasteiger partial charge in [-0.2, -0.15) is 9.36 Å². The predicted octanol–water partition coefficient (Wildman–Crippen LogP) is 2.96. The number of hydrogen-bond donors (Lipinski definition) is 1. The van der Waals surface area contributed by atoms with Gasteiger partial charge >= 0.3 is 0 Å². The van der Waals surface area contributed by atoms with Crippen molar-refractivity contribution in [1.82, 2.24) is 9.36 Å². The van der Waals surface area contributed by atoms with Gasteiger partial charge in [-0.25, -0.2) is 0 Å². The molecule has 0 bridgehead atoms. The van der Waals surface area contributed by atoms with Gasteiger partial charge in [0.25, 0.3) is 5.91 Å². The molecular formula is C19H16N4O3S. The predicted molar refractivity (Wildman–Crippen MR) is 103 cm³/mol. The fourth-order valence-electron chi connectivity index (χ4n) is 2.77. The normalized spacial score (nSPS) is 13.0. The van der Waals surface area contributed by atoms with Crippen molar-refractivity contribution < 1.29 is 14.3 Å². The van der Waals surface area contributed by atoms with E-state index >= 15 is 0 Å². The molecule has 0 saturated carbocycles. The van der Waals surface area contributed by atoms with Crippen LogP contribution in [0.3, 0.4) is 0 Å². The largest absolute Gasteiger partial charge is 0.482 e. The molecule has 0 radical (unpaired) electrons. The number of fused-ring (bicyclic) bond motifs is 1. The SMILES string of the molecule is O=C(CCN1C(=O)COc2ccccc21)Nc1nc(-c2ccccc2)ns1. The molecule has 136 valence electrons. The second-order valence-corrected chi connectivity index (χ2v) is 6.64. The Morgan fingerprint density at radius 3 is 2.78 bits per heavy atom. The van der Waals surface area contributed by atoms with E-state index in [9.17, 15) is 9.59 Å². The molecule has 0 atom stereocenters. The summed E-state index contributed by atoms with van der Waals surface area (Å²) in [6, 6.07) is 16.9. The monoisotopic (exact) mass is 380 g/mol. The fourth-order valence-corrected chi connectivity index (χ4v) is 3.38. The number of carbonyl (C=O) groups excluding carboxylic acids is 2. The Kier molecular flexibility index (Phi) is 4.80. The molecule has 27 heavy (non-hydrogen) atoms. The third-order valence-corrected chi connectivity index (χ3v) is 4.71. The number of benzene rings is 2. The summed E-state index contributed by atoms with van der Waals surface area (Å²) < 4.78 is 9.67. The molecule has 1 N–H and O–H groups in total. The third kappa shape index (κ3) is 3.80. The molecule has 4 rings (SSSR count). The lowest BCUT2D eigenvalue weighted by Gasteiger charge is -2.29. The highest BCUT2D eigenvalue weighted by Crippen LogP contribution is 2.31. The van der Waals surface area contributed by atoms with Crippen molar-refractivity contribution in [2.75, 3.05) is 23.4 Å². The molecule has 8 heteroatoms. The van der Waals surface area contributed by atoms with Gasteiger partial charge in [0.2, 0.25) is 11.0 Å². The number of anilines is 2. The minimum atomic E-state index is -0.220. The van der Waals surface area contributed by atoms with Gasteiger partial charge in [-0.1, -0.05) is 42.5 Å². The lowest BCUT2D eigenvalue weighted by atomic mass is 10.2. The molecule has 0 fully saturated rings. The Hall–Kier alpha value is -3.26. The first-order chi connectivity index (χ1) is 13.2. The van der Waals surface area contributed by atoms with Gasteiger partial charge in [-0.15, -0.1) is 0 Å². The maximum Gasteiger partial charge on any atom is 0.265 e. The molecule has 1 aliphatic heterocycles. The Bertz CT molecular complexity index is 974. The summed E-state index contributed by atoms with van der Waals surface area (Å²) in [5.41, 5.74) is 1.58. The second kappa shape index (κ2) is 7.55. The summed E-state index contributed by atoms with van der Waals surface area (Å²) in [7, 11) is 0. The van der Waals surface area contributed by atoms with Crippen LogP contribution in [0.5, 0.6) is 5.75 Å². The standard InChI is InChI=1S/C19H16N4O3S/c24-16(20-19-21-18(22-27-19)13-6-2-1-3-7-13)10-11-23-14-8-4-5-9-15(14)26-12-17(23)25/h1-9H,10-12H2,(H,20,21,22,24). The van der Waals surface area contributed by atoms with Gasteiger partial charge in [0.1, 0.15) is 5.75 Å². The van der Waals surface area contributed by atoms with E-state index in [4.69, 9.17) is 4.74 Å². The molecule has 2 amide bonds. The smallest absolute Gasteiger partial charge is 0.265 e. The summed E-state index contributed by atoms with van der Waals surface area (Å²) in [4.78, 5) is 30.3. The number of amides is 2. The summed E-state index contributed by atoms with van der Waals surface area (Å²) in [6.07, 6.45) is 0.153. The number of ether oxygens (including phenoxy) is 1. The molecule has 7 nitrogen and oxygen atoms in total. The average Bonchev–Trinajstić information content (AvgIpc) is 3.16. The van der Waals surface area contributed by atoms with Crippen LogP contribution in [0, 0.1) is 0 Å². The van der Waals surface area contributed by atoms with Crippen LogP contribution in [-0.4, -0.2) is 34.3 Å². The third-order valence-electron chi connectivity index (χ3n) is 4.08. The molecule has 0 aliphatic carbocycles. The number of aromatic nitrogens is 2. The van der Waals surface area contributed by atoms with Crippen LogP contribution in [-0.2, 0) is 9.59 Å². The molecule has 3 aromatic rings. The van der Waals surface area contributed by atoms with Crippen LogP contribution in [0.25, 0.3) is 11.4 Å². The van der Waals surface area contributed by atoms with Gasteiger partial charge in [-0.05, 0) is 12.1 Å². The zero-order chi connectivity index (χ0) is 18.6. The molecule has 2 aromatic carbocycles. The summed E-state index contributed by atoms with van der Waals surface area (Å²) >= 11 is 1.13. The van der Waals surface area contributed by atoms with Crippen LogP contribution < -0.4 is 15.0 Å². The molecular weight excluding hydrogens is 364 g/mol. The maximum absolute atomic E-state index is 12.3. The van der Waals surface area contributed by atoms with Crippen molar-refractivity contribution in [2.24, 2.45) is 0 Å². The summed E-state index contributed by atoms with van der Waals surface area (Å²) in [5.74, 6) is 0.841. The number of nitrogens with zero attached hydrogens (tertiary/aromatic N) is 3. The van der Waals surface area contributed by atoms with E-state index in [2.05, 4.69) is 14.7 Å². The number of rotatable bonds is 5. The minimum Gasteiger partial charge on any atom is -0.482 e. The number of nitrogens with one attached hydrogen (secondary N) is 1. The van der Waals surface area contributed by atoms with Crippen LogP contribution in [0.1, 0.15) is 6.42 Å². The van der Waals surface area contributed by atoms with Gasteiger partial charge < -0.3 is 15.0 Å². The fraction of sp³-hybridized carbons (Fsp3) is 0.158. The molecule has 0 spiro atoms. The summed E-state index contributed by atoms with van der Waals surface area (Å²) in [6.45, 7) is 0.255. The first-order valence-corrected chi connectivity index (χ1v) is 9.19. The number of hydrogen-bond acceptors (Lipinski definition) is 6. The first kappa shape index (κ1) is 17.2. The lowest BCUT2D eigenvalue weighted by molar-refractivity contribution is -0.121. The zero-order valence-corrected chi connectivity index (χ0v) is 15.1. The Morgan fingerprint density at radius 1 is 1.15 bits per heavy atom. The Labute approximate surface area is 159 Å². The molecule has 0 unspecified atom stereocenters. The maximum atomic E-state index is 12.3. The molecule has 1 aromatic heterocycles. The zero-order valence-electron chi connectivity index (χ0n) is 14.3. The summed E-state index contributed by atoms with van der Waals surface area (Å²) in [5, 5.41) is 3.18. The van der Waals surface area contributed by atoms with Crippen molar-refractivity contribution in [2.45, 2.75) is 6.42 Å². The Balaban J connectivity index is 1.38. The molecule has 0 saturated heterocycles. The van der Waals surface area contributed by atoms with Gasteiger partial charge in [-0.3, -0.25) is 9.59 Å². The van der Waals surface area contributed by atoms with Gasteiger partial charge in [0.05, 0.1) is 5.69 Å². The lowest BCUT2D eigenvalue weighted by Crippen LogP contribution is -2.40. The van der Waals surface area contributed by atoms with Gasteiger partial charge in [0, 0.05) is 30.1 Å². The average molecular weight is 380 g/mol. The highest BCUT2D eigenvalue weighted by atomic mass is 32.1. The van der Waals surface area contributed by atoms with E-state index in [1.807, 2.05) is 42.5 Å². The van der Waals surface area contributed by atoms with E-state index in [1.54, 1.807) is 17.0 Å². The van der Waals surface area contributed by atoms with Crippen molar-refractivity contribution in [1.29, 1.82) is 0 Å². The van der Waals surface area contributed by atoms with Crippen LogP contribution in [0.2, 0.25) is 0 Å². The van der Waals surface area contributed by atoms with E-state index < -0.39 is 0 Å². The molecule has 1 aliphatic rings. The van der Waals surface area contributed by atoms with Crippen molar-refractivity contribution in [3.63, 3.8) is 0 Å². The highest BCUT2D eigenvalue weighted by Gasteiger charge is 2.25. The van der Waals surface area contributed by atoms with Crippen molar-refractivity contribution in [3.05, 3.63) is 54.6 Å². The van der Waals surface area contributed by atoms with E-state index in [0.717, 1.165) is 17.1 Å². The van der Waals surface area contributed by atoms with Crippen LogP contribution >= 0.6 is 11.5 Å². The second-order valence-electron chi connectivity index (χ2n) is 5.89. The van der Waals surface area contributed by atoms with Crippen molar-refractivity contribution in [3.8, 4) is 17.1 Å². The van der Waals surface area contributed by atoms with Crippen LogP contribution in [0.15, 0.2) is 54.6 Å². The van der Waals surface area contributed by atoms with E-state index in [1.165, 1.54) is 0 Å².